The van der Waals surface area contributed by atoms with Crippen molar-refractivity contribution in [3.05, 3.63) is 71.0 Å². The van der Waals surface area contributed by atoms with Crippen LogP contribution in [0.1, 0.15) is 31.0 Å². The molecule has 0 unspecified atom stereocenters. The molecule has 0 amide bonds. The third-order valence-electron chi connectivity index (χ3n) is 7.51. The summed E-state index contributed by atoms with van der Waals surface area (Å²) in [5.41, 5.74) is 5.74. The van der Waals surface area contributed by atoms with Gasteiger partial charge in [0.1, 0.15) is 11.5 Å². The second-order valence-electron chi connectivity index (χ2n) is 9.16. The van der Waals surface area contributed by atoms with E-state index >= 15 is 0 Å². The number of fused-ring (bicyclic) bond motifs is 7. The summed E-state index contributed by atoms with van der Waals surface area (Å²) in [7, 11) is 3.50. The van der Waals surface area contributed by atoms with Crippen molar-refractivity contribution < 1.29 is 9.47 Å². The van der Waals surface area contributed by atoms with Gasteiger partial charge in [-0.3, -0.25) is 4.98 Å². The zero-order chi connectivity index (χ0) is 22.8. The highest BCUT2D eigenvalue weighted by atomic mass is 16.5. The minimum absolute atomic E-state index is 0.148. The molecule has 6 nitrogen and oxygen atoms in total. The predicted molar refractivity (Wildman–Crippen MR) is 135 cm³/mol. The van der Waals surface area contributed by atoms with Crippen molar-refractivity contribution in [1.29, 1.82) is 0 Å². The van der Waals surface area contributed by atoms with Gasteiger partial charge in [-0.1, -0.05) is 36.4 Å². The number of aromatic amines is 2. The highest BCUT2D eigenvalue weighted by molar-refractivity contribution is 6.11. The van der Waals surface area contributed by atoms with Crippen LogP contribution in [0.4, 0.5) is 0 Å². The smallest absolute Gasteiger partial charge is 0.147 e. The summed E-state index contributed by atoms with van der Waals surface area (Å²) in [5.74, 6) is 1.81. The summed E-state index contributed by atoms with van der Waals surface area (Å²) in [6.45, 7) is 0.737. The van der Waals surface area contributed by atoms with E-state index in [0.29, 0.717) is 0 Å². The van der Waals surface area contributed by atoms with Crippen LogP contribution in [-0.4, -0.2) is 40.6 Å². The molecule has 0 bridgehead atoms. The van der Waals surface area contributed by atoms with Crippen molar-refractivity contribution in [3.8, 4) is 5.75 Å². The molecular weight excluding hydrogens is 424 g/mol. The van der Waals surface area contributed by atoms with Crippen molar-refractivity contribution in [2.45, 2.75) is 25.3 Å². The predicted octanol–water partition coefficient (Wildman–Crippen LogP) is 4.31. The SMILES string of the molecule is COC1=c2c([nH]c3ccccc23)=C2CCC[C@H](c3ncc(OC)c4c3[nH]c3ccccc34)N2C1. The van der Waals surface area contributed by atoms with E-state index in [0.717, 1.165) is 64.9 Å². The van der Waals surface area contributed by atoms with Gasteiger partial charge in [0.2, 0.25) is 0 Å². The number of nitrogens with zero attached hydrogens (tertiary/aromatic N) is 2. The quantitative estimate of drug-likeness (QED) is 0.430. The lowest BCUT2D eigenvalue weighted by Crippen LogP contribution is -2.46. The number of methoxy groups -OCH3 is 2. The van der Waals surface area contributed by atoms with Gasteiger partial charge < -0.3 is 24.3 Å². The first-order valence-electron chi connectivity index (χ1n) is 11.9. The normalized spacial score (nSPS) is 17.9. The fourth-order valence-electron chi connectivity index (χ4n) is 6.01. The molecule has 5 heterocycles. The number of rotatable bonds is 3. The van der Waals surface area contributed by atoms with E-state index in [1.807, 2.05) is 6.20 Å². The van der Waals surface area contributed by atoms with E-state index in [1.54, 1.807) is 14.2 Å². The van der Waals surface area contributed by atoms with E-state index in [1.165, 1.54) is 27.0 Å². The van der Waals surface area contributed by atoms with Gasteiger partial charge >= 0.3 is 0 Å². The molecule has 1 saturated heterocycles. The first-order valence-corrected chi connectivity index (χ1v) is 11.9. The van der Waals surface area contributed by atoms with Crippen molar-refractivity contribution in [1.82, 2.24) is 19.9 Å². The molecule has 5 aromatic rings. The molecule has 34 heavy (non-hydrogen) atoms. The summed E-state index contributed by atoms with van der Waals surface area (Å²) in [6.07, 6.45) is 5.08. The highest BCUT2D eigenvalue weighted by Crippen LogP contribution is 2.42. The average Bonchev–Trinajstić information content (AvgIpc) is 3.47. The number of ether oxygens (including phenoxy) is 2. The van der Waals surface area contributed by atoms with Crippen molar-refractivity contribution in [2.75, 3.05) is 20.8 Å². The Bertz CT molecular complexity index is 1710. The zero-order valence-electron chi connectivity index (χ0n) is 19.3. The average molecular weight is 451 g/mol. The number of benzene rings is 2. The van der Waals surface area contributed by atoms with Gasteiger partial charge in [-0.05, 0) is 31.4 Å². The van der Waals surface area contributed by atoms with Crippen LogP contribution in [0.15, 0.2) is 54.7 Å². The maximum absolute atomic E-state index is 5.98. The molecule has 2 aliphatic rings. The summed E-state index contributed by atoms with van der Waals surface area (Å²) in [5, 5.41) is 5.90. The summed E-state index contributed by atoms with van der Waals surface area (Å²) < 4.78 is 11.7. The van der Waals surface area contributed by atoms with Crippen LogP contribution in [0, 0.1) is 0 Å². The molecule has 7 rings (SSSR count). The van der Waals surface area contributed by atoms with Crippen LogP contribution in [0.2, 0.25) is 0 Å². The van der Waals surface area contributed by atoms with Crippen LogP contribution in [0.5, 0.6) is 5.75 Å². The first kappa shape index (κ1) is 19.5. The van der Waals surface area contributed by atoms with E-state index < -0.39 is 0 Å². The first-order chi connectivity index (χ1) is 16.8. The molecule has 1 fully saturated rings. The van der Waals surface area contributed by atoms with Crippen LogP contribution in [-0.2, 0) is 4.74 Å². The van der Waals surface area contributed by atoms with Gasteiger partial charge in [-0.2, -0.15) is 0 Å². The minimum Gasteiger partial charge on any atom is -0.498 e. The molecule has 6 heteroatoms. The lowest BCUT2D eigenvalue weighted by molar-refractivity contribution is 0.230. The monoisotopic (exact) mass is 450 g/mol. The lowest BCUT2D eigenvalue weighted by atomic mass is 9.93. The van der Waals surface area contributed by atoms with E-state index in [4.69, 9.17) is 14.5 Å². The molecule has 2 aliphatic heterocycles. The maximum atomic E-state index is 5.98. The van der Waals surface area contributed by atoms with Gasteiger partial charge in [0.25, 0.3) is 0 Å². The fraction of sp³-hybridized carbons (Fsp3) is 0.250. The molecular formula is C28H26N4O2. The van der Waals surface area contributed by atoms with E-state index in [2.05, 4.69) is 63.4 Å². The Balaban J connectivity index is 1.48. The molecule has 0 spiro atoms. The van der Waals surface area contributed by atoms with E-state index in [9.17, 15) is 0 Å². The molecule has 3 aromatic heterocycles. The number of aromatic nitrogens is 3. The Hall–Kier alpha value is -3.93. The Morgan fingerprint density at radius 3 is 2.50 bits per heavy atom. The van der Waals surface area contributed by atoms with Crippen LogP contribution >= 0.6 is 0 Å². The molecule has 0 aliphatic carbocycles. The Kier molecular flexibility index (Phi) is 4.19. The van der Waals surface area contributed by atoms with Gasteiger partial charge in [-0.15, -0.1) is 0 Å². The summed E-state index contributed by atoms with van der Waals surface area (Å²) in [6, 6.07) is 17.0. The van der Waals surface area contributed by atoms with Crippen LogP contribution in [0.3, 0.4) is 0 Å². The van der Waals surface area contributed by atoms with Gasteiger partial charge in [0.15, 0.2) is 0 Å². The van der Waals surface area contributed by atoms with Crippen molar-refractivity contribution in [3.63, 3.8) is 0 Å². The number of hydrogen-bond donors (Lipinski definition) is 2. The largest absolute Gasteiger partial charge is 0.498 e. The van der Waals surface area contributed by atoms with Gasteiger partial charge in [0, 0.05) is 32.7 Å². The molecule has 0 radical (unpaired) electrons. The second kappa shape index (κ2) is 7.29. The number of para-hydroxylation sites is 2. The number of piperidine rings is 1. The highest BCUT2D eigenvalue weighted by Gasteiger charge is 2.34. The zero-order valence-corrected chi connectivity index (χ0v) is 19.3. The van der Waals surface area contributed by atoms with E-state index in [-0.39, 0.29) is 6.04 Å². The minimum atomic E-state index is 0.148. The topological polar surface area (TPSA) is 66.2 Å². The molecule has 1 atom stereocenters. The van der Waals surface area contributed by atoms with Crippen LogP contribution < -0.4 is 15.3 Å². The summed E-state index contributed by atoms with van der Waals surface area (Å²) >= 11 is 0. The number of pyridine rings is 1. The third-order valence-corrected chi connectivity index (χ3v) is 7.51. The van der Waals surface area contributed by atoms with Gasteiger partial charge in [0.05, 0.1) is 54.9 Å². The Morgan fingerprint density at radius 1 is 0.941 bits per heavy atom. The molecule has 2 aromatic carbocycles. The van der Waals surface area contributed by atoms with Crippen LogP contribution in [0.25, 0.3) is 44.2 Å². The summed E-state index contributed by atoms with van der Waals surface area (Å²) in [4.78, 5) is 14.8. The number of hydrogen-bond acceptors (Lipinski definition) is 4. The second-order valence-corrected chi connectivity index (χ2v) is 9.16. The Morgan fingerprint density at radius 2 is 1.71 bits per heavy atom. The molecule has 0 saturated carbocycles. The maximum Gasteiger partial charge on any atom is 0.147 e. The number of H-pyrrole nitrogens is 2. The Labute approximate surface area is 196 Å². The molecule has 2 N–H and O–H groups in total. The van der Waals surface area contributed by atoms with Crippen molar-refractivity contribution in [2.24, 2.45) is 0 Å². The molecule has 170 valence electrons. The van der Waals surface area contributed by atoms with Gasteiger partial charge in [-0.25, -0.2) is 0 Å². The number of nitrogens with one attached hydrogen (secondary N) is 2. The third kappa shape index (κ3) is 2.59. The standard InChI is InChI=1S/C28H26N4O2/c1-33-22-14-29-27(28-24(22)16-8-3-6-11-19(16)31-28)21-13-7-12-20-26-25(23(34-2)15-32(20)21)17-9-4-5-10-18(17)30-26/h3-6,8-11,14,21,30-31H,7,12-13,15H2,1-2H3/t21-/m1/s1. The van der Waals surface area contributed by atoms with Crippen molar-refractivity contribution >= 4 is 44.2 Å². The lowest BCUT2D eigenvalue weighted by Gasteiger charge is -2.40. The fourth-order valence-corrected chi connectivity index (χ4v) is 6.01.